The highest BCUT2D eigenvalue weighted by Crippen LogP contribution is 2.20. The number of benzene rings is 2. The van der Waals surface area contributed by atoms with Crippen molar-refractivity contribution in [2.24, 2.45) is 0 Å². The molecule has 0 bridgehead atoms. The van der Waals surface area contributed by atoms with Crippen molar-refractivity contribution in [2.45, 2.75) is 11.8 Å². The lowest BCUT2D eigenvalue weighted by Gasteiger charge is -2.09. The fourth-order valence-electron chi connectivity index (χ4n) is 2.05. The number of ether oxygens (including phenoxy) is 1. The van der Waals surface area contributed by atoms with E-state index in [1.54, 1.807) is 13.2 Å². The number of halogens is 1. The molecule has 0 aliphatic carbocycles. The molecule has 4 heteroatoms. The van der Waals surface area contributed by atoms with Crippen LogP contribution in [0.1, 0.15) is 27.0 Å². The van der Waals surface area contributed by atoms with Gasteiger partial charge in [-0.15, -0.1) is 0 Å². The predicted molar refractivity (Wildman–Crippen MR) is 81.8 cm³/mol. The van der Waals surface area contributed by atoms with Crippen LogP contribution in [0.5, 0.6) is 5.75 Å². The summed E-state index contributed by atoms with van der Waals surface area (Å²) in [4.78, 5) is 11.3. The van der Waals surface area contributed by atoms with Gasteiger partial charge in [0.05, 0.1) is 12.7 Å². The third kappa shape index (κ3) is 3.39. The highest BCUT2D eigenvalue weighted by Gasteiger charge is 2.11. The smallest absolute Gasteiger partial charge is 0.335 e. The van der Waals surface area contributed by atoms with Gasteiger partial charge in [-0.25, -0.2) is 4.79 Å². The molecule has 1 N–H and O–H groups in total. The van der Waals surface area contributed by atoms with Gasteiger partial charge < -0.3 is 9.84 Å². The summed E-state index contributed by atoms with van der Waals surface area (Å²) in [5, 5.41) is 9.97. The van der Waals surface area contributed by atoms with E-state index in [-0.39, 0.29) is 0 Å². The number of aromatic carboxylic acids is 1. The van der Waals surface area contributed by atoms with Gasteiger partial charge in [0, 0.05) is 5.33 Å². The van der Waals surface area contributed by atoms with Crippen molar-refractivity contribution in [3.05, 3.63) is 64.7 Å². The average Bonchev–Trinajstić information content (AvgIpc) is 2.47. The van der Waals surface area contributed by atoms with Crippen LogP contribution >= 0.6 is 15.9 Å². The first-order valence-electron chi connectivity index (χ1n) is 6.18. The SMILES string of the molecule is COc1ccc(Cc2cc(CBr)ccc2C(=O)O)cc1. The maximum Gasteiger partial charge on any atom is 0.335 e. The van der Waals surface area contributed by atoms with E-state index >= 15 is 0 Å². The first kappa shape index (κ1) is 14.6. The first-order chi connectivity index (χ1) is 9.63. The second-order valence-corrected chi connectivity index (χ2v) is 5.02. The highest BCUT2D eigenvalue weighted by molar-refractivity contribution is 9.08. The number of hydrogen-bond donors (Lipinski definition) is 1. The van der Waals surface area contributed by atoms with E-state index in [1.165, 1.54) is 0 Å². The Morgan fingerprint density at radius 1 is 1.15 bits per heavy atom. The van der Waals surface area contributed by atoms with Crippen LogP contribution in [0.4, 0.5) is 0 Å². The molecule has 20 heavy (non-hydrogen) atoms. The van der Waals surface area contributed by atoms with Crippen molar-refractivity contribution in [1.82, 2.24) is 0 Å². The predicted octanol–water partition coefficient (Wildman–Crippen LogP) is 3.88. The average molecular weight is 335 g/mol. The molecule has 104 valence electrons. The normalized spacial score (nSPS) is 10.3. The largest absolute Gasteiger partial charge is 0.497 e. The molecule has 2 aromatic rings. The van der Waals surface area contributed by atoms with Crippen LogP contribution in [-0.2, 0) is 11.8 Å². The molecule has 0 aromatic heterocycles. The van der Waals surface area contributed by atoms with Crippen LogP contribution in [-0.4, -0.2) is 18.2 Å². The van der Waals surface area contributed by atoms with Crippen molar-refractivity contribution in [3.8, 4) is 5.75 Å². The van der Waals surface area contributed by atoms with Gasteiger partial charge in [0.15, 0.2) is 0 Å². The monoisotopic (exact) mass is 334 g/mol. The Kier molecular flexibility index (Phi) is 4.79. The van der Waals surface area contributed by atoms with Crippen molar-refractivity contribution < 1.29 is 14.6 Å². The molecule has 0 aliphatic heterocycles. The third-order valence-corrected chi connectivity index (χ3v) is 3.76. The van der Waals surface area contributed by atoms with E-state index in [9.17, 15) is 9.90 Å². The van der Waals surface area contributed by atoms with E-state index < -0.39 is 5.97 Å². The number of rotatable bonds is 5. The van der Waals surface area contributed by atoms with Crippen molar-refractivity contribution >= 4 is 21.9 Å². The molecule has 0 fully saturated rings. The number of carbonyl (C=O) groups is 1. The summed E-state index contributed by atoms with van der Waals surface area (Å²) in [6.45, 7) is 0. The fraction of sp³-hybridized carbons (Fsp3) is 0.188. The Labute approximate surface area is 126 Å². The Bertz CT molecular complexity index is 606. The minimum atomic E-state index is -0.894. The summed E-state index contributed by atoms with van der Waals surface area (Å²) in [5.41, 5.74) is 3.30. The van der Waals surface area contributed by atoms with Crippen LogP contribution < -0.4 is 4.74 Å². The molecule has 2 rings (SSSR count). The topological polar surface area (TPSA) is 46.5 Å². The number of carboxylic acids is 1. The molecule has 0 unspecified atom stereocenters. The lowest BCUT2D eigenvalue weighted by atomic mass is 9.98. The number of alkyl halides is 1. The lowest BCUT2D eigenvalue weighted by Crippen LogP contribution is -2.04. The number of methoxy groups -OCH3 is 1. The van der Waals surface area contributed by atoms with Crippen molar-refractivity contribution in [3.63, 3.8) is 0 Å². The summed E-state index contributed by atoms with van der Waals surface area (Å²) in [5.74, 6) is -0.101. The molecular formula is C16H15BrO3. The van der Waals surface area contributed by atoms with Gasteiger partial charge in [0.2, 0.25) is 0 Å². The third-order valence-electron chi connectivity index (χ3n) is 3.11. The van der Waals surface area contributed by atoms with Crippen LogP contribution in [0.25, 0.3) is 0 Å². The molecule has 3 nitrogen and oxygen atoms in total. The second kappa shape index (κ2) is 6.57. The van der Waals surface area contributed by atoms with Gasteiger partial charge in [0.1, 0.15) is 5.75 Å². The quantitative estimate of drug-likeness (QED) is 0.844. The van der Waals surface area contributed by atoms with Crippen LogP contribution in [0, 0.1) is 0 Å². The molecule has 0 heterocycles. The Hall–Kier alpha value is -1.81. The summed E-state index contributed by atoms with van der Waals surface area (Å²) >= 11 is 3.39. The van der Waals surface area contributed by atoms with Gasteiger partial charge in [0.25, 0.3) is 0 Å². The van der Waals surface area contributed by atoms with Gasteiger partial charge in [-0.05, 0) is 41.3 Å². The van der Waals surface area contributed by atoms with Crippen LogP contribution in [0.3, 0.4) is 0 Å². The Balaban J connectivity index is 2.32. The van der Waals surface area contributed by atoms with E-state index in [2.05, 4.69) is 15.9 Å². The van der Waals surface area contributed by atoms with Gasteiger partial charge in [-0.1, -0.05) is 40.2 Å². The minimum absolute atomic E-state index is 0.352. The van der Waals surface area contributed by atoms with E-state index in [4.69, 9.17) is 4.74 Å². The standard InChI is InChI=1S/C16H15BrO3/c1-20-14-5-2-11(3-6-14)8-13-9-12(10-17)4-7-15(13)16(18)19/h2-7,9H,8,10H2,1H3,(H,18,19). The van der Waals surface area contributed by atoms with Gasteiger partial charge in [-0.2, -0.15) is 0 Å². The Morgan fingerprint density at radius 2 is 1.80 bits per heavy atom. The van der Waals surface area contributed by atoms with Crippen LogP contribution in [0.2, 0.25) is 0 Å². The number of carboxylic acid groups (broad SMARTS) is 1. The lowest BCUT2D eigenvalue weighted by molar-refractivity contribution is 0.0696. The first-order valence-corrected chi connectivity index (χ1v) is 7.30. The van der Waals surface area contributed by atoms with Gasteiger partial charge >= 0.3 is 5.97 Å². The molecule has 2 aromatic carbocycles. The molecule has 0 saturated carbocycles. The maximum absolute atomic E-state index is 11.3. The summed E-state index contributed by atoms with van der Waals surface area (Å²) < 4.78 is 5.12. The minimum Gasteiger partial charge on any atom is -0.497 e. The summed E-state index contributed by atoms with van der Waals surface area (Å²) in [6, 6.07) is 13.1. The maximum atomic E-state index is 11.3. The molecule has 0 aliphatic rings. The van der Waals surface area contributed by atoms with Crippen LogP contribution in [0.15, 0.2) is 42.5 Å². The fourth-order valence-corrected chi connectivity index (χ4v) is 2.40. The molecule has 0 radical (unpaired) electrons. The zero-order valence-corrected chi connectivity index (χ0v) is 12.7. The molecular weight excluding hydrogens is 320 g/mol. The Morgan fingerprint density at radius 3 is 2.35 bits per heavy atom. The van der Waals surface area contributed by atoms with Crippen molar-refractivity contribution in [1.29, 1.82) is 0 Å². The highest BCUT2D eigenvalue weighted by atomic mass is 79.9. The summed E-state index contributed by atoms with van der Waals surface area (Å²) in [7, 11) is 1.62. The molecule has 0 saturated heterocycles. The molecule has 0 spiro atoms. The van der Waals surface area contributed by atoms with E-state index in [0.29, 0.717) is 17.3 Å². The molecule has 0 amide bonds. The molecule has 0 atom stereocenters. The number of hydrogen-bond acceptors (Lipinski definition) is 2. The second-order valence-electron chi connectivity index (χ2n) is 4.46. The zero-order valence-electron chi connectivity index (χ0n) is 11.1. The zero-order chi connectivity index (χ0) is 14.5. The van der Waals surface area contributed by atoms with Crippen molar-refractivity contribution in [2.75, 3.05) is 7.11 Å². The van der Waals surface area contributed by atoms with E-state index in [0.717, 1.165) is 22.4 Å². The van der Waals surface area contributed by atoms with Gasteiger partial charge in [-0.3, -0.25) is 0 Å². The summed E-state index contributed by atoms with van der Waals surface area (Å²) in [6.07, 6.45) is 0.590. The van der Waals surface area contributed by atoms with E-state index in [1.807, 2.05) is 36.4 Å².